The summed E-state index contributed by atoms with van der Waals surface area (Å²) >= 11 is 0. The van der Waals surface area contributed by atoms with Crippen LogP contribution in [0.1, 0.15) is 24.5 Å². The molecule has 1 aromatic heterocycles. The molecule has 150 valence electrons. The van der Waals surface area contributed by atoms with Crippen LogP contribution in [0.3, 0.4) is 0 Å². The molecule has 0 fully saturated rings. The number of hydrogen-bond acceptors (Lipinski definition) is 3. The molecule has 0 aliphatic rings. The number of amides is 1. The lowest BCUT2D eigenvalue weighted by molar-refractivity contribution is -0.141. The smallest absolute Gasteiger partial charge is 0.326 e. The molecule has 6 heteroatoms. The summed E-state index contributed by atoms with van der Waals surface area (Å²) in [6.45, 7) is 2.70. The Balaban J connectivity index is 1.62. The van der Waals surface area contributed by atoms with E-state index >= 15 is 0 Å². The molecule has 1 unspecified atom stereocenters. The Labute approximate surface area is 169 Å². The van der Waals surface area contributed by atoms with E-state index in [-0.39, 0.29) is 6.42 Å². The zero-order valence-electron chi connectivity index (χ0n) is 16.2. The number of nitrogens with one attached hydrogen (secondary N) is 2. The lowest BCUT2D eigenvalue weighted by Crippen LogP contribution is -2.41. The standard InChI is InChI=1S/C23H24N2O4/c1-2-13-29-18-10-7-16(8-11-18)9-12-22(26)25-21(23(27)28)14-17-15-24-20-6-4-3-5-19(17)20/h3-12,15,21,24H,2,13-14H2,1H3,(H,25,26)(H,27,28)/b12-9+. The molecule has 3 aromatic rings. The third kappa shape index (κ3) is 5.48. The maximum atomic E-state index is 12.2. The van der Waals surface area contributed by atoms with Crippen LogP contribution in [0.5, 0.6) is 5.75 Å². The molecule has 0 spiro atoms. The third-order valence-electron chi connectivity index (χ3n) is 4.49. The number of carbonyl (C=O) groups excluding carboxylic acids is 1. The molecule has 0 saturated heterocycles. The highest BCUT2D eigenvalue weighted by Crippen LogP contribution is 2.19. The van der Waals surface area contributed by atoms with Gasteiger partial charge in [0.25, 0.3) is 0 Å². The summed E-state index contributed by atoms with van der Waals surface area (Å²) in [5, 5.41) is 13.0. The van der Waals surface area contributed by atoms with Gasteiger partial charge in [-0.2, -0.15) is 0 Å². The van der Waals surface area contributed by atoms with Crippen molar-refractivity contribution in [2.24, 2.45) is 0 Å². The number of fused-ring (bicyclic) bond motifs is 1. The number of rotatable bonds is 9. The molecule has 3 N–H and O–H groups in total. The summed E-state index contributed by atoms with van der Waals surface area (Å²) in [7, 11) is 0. The van der Waals surface area contributed by atoms with Crippen LogP contribution in [0, 0.1) is 0 Å². The Hall–Kier alpha value is -3.54. The van der Waals surface area contributed by atoms with Crippen molar-refractivity contribution in [3.63, 3.8) is 0 Å². The zero-order chi connectivity index (χ0) is 20.6. The van der Waals surface area contributed by atoms with E-state index in [1.165, 1.54) is 6.08 Å². The van der Waals surface area contributed by atoms with Gasteiger partial charge in [0.1, 0.15) is 11.8 Å². The average Bonchev–Trinajstić information content (AvgIpc) is 3.14. The van der Waals surface area contributed by atoms with E-state index in [2.05, 4.69) is 10.3 Å². The molecule has 1 atom stereocenters. The van der Waals surface area contributed by atoms with E-state index in [9.17, 15) is 14.7 Å². The minimum absolute atomic E-state index is 0.197. The van der Waals surface area contributed by atoms with Crippen LogP contribution in [0.4, 0.5) is 0 Å². The van der Waals surface area contributed by atoms with E-state index < -0.39 is 17.9 Å². The quantitative estimate of drug-likeness (QED) is 0.483. The highest BCUT2D eigenvalue weighted by atomic mass is 16.5. The van der Waals surface area contributed by atoms with E-state index in [0.29, 0.717) is 6.61 Å². The average molecular weight is 392 g/mol. The molecule has 1 heterocycles. The highest BCUT2D eigenvalue weighted by Gasteiger charge is 2.21. The second-order valence-electron chi connectivity index (χ2n) is 6.71. The first kappa shape index (κ1) is 20.2. The summed E-state index contributed by atoms with van der Waals surface area (Å²) in [5.74, 6) is -0.754. The predicted molar refractivity (Wildman–Crippen MR) is 113 cm³/mol. The number of aromatic amines is 1. The van der Waals surface area contributed by atoms with Crippen molar-refractivity contribution in [3.05, 3.63) is 71.9 Å². The van der Waals surface area contributed by atoms with Gasteiger partial charge in [0.15, 0.2) is 0 Å². The first-order valence-electron chi connectivity index (χ1n) is 9.56. The Bertz CT molecular complexity index is 1010. The van der Waals surface area contributed by atoms with Gasteiger partial charge < -0.3 is 20.1 Å². The summed E-state index contributed by atoms with van der Waals surface area (Å²) in [4.78, 5) is 27.0. The van der Waals surface area contributed by atoms with Gasteiger partial charge in [-0.3, -0.25) is 4.79 Å². The van der Waals surface area contributed by atoms with Crippen LogP contribution in [-0.2, 0) is 16.0 Å². The fourth-order valence-corrected chi connectivity index (χ4v) is 3.01. The number of carboxylic acids is 1. The Morgan fingerprint density at radius 3 is 2.66 bits per heavy atom. The molecular weight excluding hydrogens is 368 g/mol. The fraction of sp³-hybridized carbons (Fsp3) is 0.217. The van der Waals surface area contributed by atoms with E-state index in [1.54, 1.807) is 12.3 Å². The van der Waals surface area contributed by atoms with Crippen LogP contribution in [0.15, 0.2) is 60.8 Å². The molecule has 0 bridgehead atoms. The van der Waals surface area contributed by atoms with Crippen LogP contribution in [-0.4, -0.2) is 34.6 Å². The molecule has 6 nitrogen and oxygen atoms in total. The highest BCUT2D eigenvalue weighted by molar-refractivity contribution is 5.94. The number of carbonyl (C=O) groups is 2. The number of ether oxygens (including phenoxy) is 1. The van der Waals surface area contributed by atoms with Gasteiger partial charge in [0, 0.05) is 29.6 Å². The second-order valence-corrected chi connectivity index (χ2v) is 6.71. The number of carboxylic acid groups (broad SMARTS) is 1. The summed E-state index contributed by atoms with van der Waals surface area (Å²) in [5.41, 5.74) is 2.61. The molecule has 0 radical (unpaired) electrons. The van der Waals surface area contributed by atoms with Crippen LogP contribution < -0.4 is 10.1 Å². The topological polar surface area (TPSA) is 91.4 Å². The minimum Gasteiger partial charge on any atom is -0.494 e. The van der Waals surface area contributed by atoms with Crippen molar-refractivity contribution >= 4 is 28.9 Å². The van der Waals surface area contributed by atoms with Gasteiger partial charge in [0.05, 0.1) is 6.61 Å². The van der Waals surface area contributed by atoms with Crippen molar-refractivity contribution in [2.75, 3.05) is 6.61 Å². The Kier molecular flexibility index (Phi) is 6.68. The van der Waals surface area contributed by atoms with Gasteiger partial charge >= 0.3 is 5.97 Å². The number of aromatic nitrogens is 1. The number of aliphatic carboxylic acids is 1. The number of para-hydroxylation sites is 1. The second kappa shape index (κ2) is 9.59. The van der Waals surface area contributed by atoms with E-state index in [0.717, 1.165) is 34.2 Å². The van der Waals surface area contributed by atoms with Crippen LogP contribution in [0.25, 0.3) is 17.0 Å². The van der Waals surface area contributed by atoms with Gasteiger partial charge in [-0.1, -0.05) is 37.3 Å². The maximum absolute atomic E-state index is 12.2. The van der Waals surface area contributed by atoms with Crippen molar-refractivity contribution < 1.29 is 19.4 Å². The largest absolute Gasteiger partial charge is 0.494 e. The third-order valence-corrected chi connectivity index (χ3v) is 4.49. The molecular formula is C23H24N2O4. The summed E-state index contributed by atoms with van der Waals surface area (Å²) in [6.07, 6.45) is 5.90. The fourth-order valence-electron chi connectivity index (χ4n) is 3.01. The molecule has 0 aliphatic heterocycles. The Morgan fingerprint density at radius 2 is 1.93 bits per heavy atom. The SMILES string of the molecule is CCCOc1ccc(/C=C/C(=O)NC(Cc2c[nH]c3ccccc23)C(=O)O)cc1. The van der Waals surface area contributed by atoms with Gasteiger partial charge in [-0.05, 0) is 41.8 Å². The van der Waals surface area contributed by atoms with Crippen LogP contribution in [0.2, 0.25) is 0 Å². The lowest BCUT2D eigenvalue weighted by Gasteiger charge is -2.13. The van der Waals surface area contributed by atoms with E-state index in [4.69, 9.17) is 4.74 Å². The minimum atomic E-state index is -1.07. The number of benzene rings is 2. The summed E-state index contributed by atoms with van der Waals surface area (Å²) < 4.78 is 5.52. The van der Waals surface area contributed by atoms with Crippen molar-refractivity contribution in [2.45, 2.75) is 25.8 Å². The van der Waals surface area contributed by atoms with Crippen molar-refractivity contribution in [1.82, 2.24) is 10.3 Å². The Morgan fingerprint density at radius 1 is 1.17 bits per heavy atom. The monoisotopic (exact) mass is 392 g/mol. The van der Waals surface area contributed by atoms with Gasteiger partial charge in [-0.15, -0.1) is 0 Å². The normalized spacial score (nSPS) is 12.2. The number of H-pyrrole nitrogens is 1. The summed E-state index contributed by atoms with van der Waals surface area (Å²) in [6, 6.07) is 14.0. The van der Waals surface area contributed by atoms with Crippen molar-refractivity contribution in [1.29, 1.82) is 0 Å². The van der Waals surface area contributed by atoms with Gasteiger partial charge in [-0.25, -0.2) is 4.79 Å². The predicted octanol–water partition coefficient (Wildman–Crippen LogP) is 3.78. The molecule has 3 rings (SSSR count). The van der Waals surface area contributed by atoms with Gasteiger partial charge in [0.2, 0.25) is 5.91 Å². The molecule has 1 amide bonds. The van der Waals surface area contributed by atoms with E-state index in [1.807, 2.05) is 55.5 Å². The van der Waals surface area contributed by atoms with Crippen molar-refractivity contribution in [3.8, 4) is 5.75 Å². The number of hydrogen-bond donors (Lipinski definition) is 3. The first-order chi connectivity index (χ1) is 14.1. The molecule has 29 heavy (non-hydrogen) atoms. The maximum Gasteiger partial charge on any atom is 0.326 e. The molecule has 0 saturated carbocycles. The van der Waals surface area contributed by atoms with Crippen LogP contribution >= 0.6 is 0 Å². The lowest BCUT2D eigenvalue weighted by atomic mass is 10.0. The molecule has 2 aromatic carbocycles. The molecule has 0 aliphatic carbocycles. The first-order valence-corrected chi connectivity index (χ1v) is 9.56. The zero-order valence-corrected chi connectivity index (χ0v) is 16.2.